The van der Waals surface area contributed by atoms with Gasteiger partial charge in [0.2, 0.25) is 0 Å². The summed E-state index contributed by atoms with van der Waals surface area (Å²) in [6.07, 6.45) is 3.32. The SMILES string of the molecule is O=C(NCC1(c2ccc(Cl)cc2)CCC1)c1cccc2c1OCCO2. The Morgan fingerprint density at radius 1 is 1.08 bits per heavy atom. The largest absolute Gasteiger partial charge is 0.486 e. The second kappa shape index (κ2) is 6.60. The summed E-state index contributed by atoms with van der Waals surface area (Å²) in [6.45, 7) is 1.59. The third kappa shape index (κ3) is 3.07. The quantitative estimate of drug-likeness (QED) is 0.900. The molecule has 1 aliphatic heterocycles. The molecule has 2 aliphatic rings. The number of para-hydroxylation sites is 1. The molecule has 5 heteroatoms. The van der Waals surface area contributed by atoms with Gasteiger partial charge in [0.1, 0.15) is 13.2 Å². The van der Waals surface area contributed by atoms with E-state index in [2.05, 4.69) is 17.4 Å². The molecule has 4 nitrogen and oxygen atoms in total. The predicted molar refractivity (Wildman–Crippen MR) is 96.7 cm³/mol. The van der Waals surface area contributed by atoms with Crippen molar-refractivity contribution in [1.82, 2.24) is 5.32 Å². The third-order valence-corrected chi connectivity index (χ3v) is 5.42. The van der Waals surface area contributed by atoms with Crippen LogP contribution in [-0.2, 0) is 5.41 Å². The molecule has 1 heterocycles. The van der Waals surface area contributed by atoms with Gasteiger partial charge in [0.15, 0.2) is 11.5 Å². The van der Waals surface area contributed by atoms with Crippen LogP contribution >= 0.6 is 11.6 Å². The highest BCUT2D eigenvalue weighted by Gasteiger charge is 2.39. The average Bonchev–Trinajstić information content (AvgIpc) is 2.61. The second-order valence-corrected chi connectivity index (χ2v) is 7.09. The minimum absolute atomic E-state index is 0.00640. The molecule has 1 fully saturated rings. The highest BCUT2D eigenvalue weighted by molar-refractivity contribution is 6.30. The number of ether oxygens (including phenoxy) is 2. The van der Waals surface area contributed by atoms with Gasteiger partial charge in [-0.1, -0.05) is 36.2 Å². The lowest BCUT2D eigenvalue weighted by atomic mass is 9.64. The summed E-state index contributed by atoms with van der Waals surface area (Å²) >= 11 is 6.00. The minimum atomic E-state index is -0.123. The molecular weight excluding hydrogens is 338 g/mol. The molecule has 0 radical (unpaired) electrons. The highest BCUT2D eigenvalue weighted by Crippen LogP contribution is 2.43. The Balaban J connectivity index is 1.51. The molecule has 130 valence electrons. The van der Waals surface area contributed by atoms with E-state index < -0.39 is 0 Å². The van der Waals surface area contributed by atoms with Crippen molar-refractivity contribution >= 4 is 17.5 Å². The van der Waals surface area contributed by atoms with Gasteiger partial charge >= 0.3 is 0 Å². The summed E-state index contributed by atoms with van der Waals surface area (Å²) in [5.74, 6) is 1.05. The summed E-state index contributed by atoms with van der Waals surface area (Å²) < 4.78 is 11.2. The fourth-order valence-corrected chi connectivity index (χ4v) is 3.70. The molecule has 0 saturated heterocycles. The lowest BCUT2D eigenvalue weighted by Crippen LogP contribution is -2.45. The Labute approximate surface area is 152 Å². The van der Waals surface area contributed by atoms with Crippen molar-refractivity contribution in [2.75, 3.05) is 19.8 Å². The number of fused-ring (bicyclic) bond motifs is 1. The van der Waals surface area contributed by atoms with Crippen molar-refractivity contribution in [2.45, 2.75) is 24.7 Å². The lowest BCUT2D eigenvalue weighted by molar-refractivity contribution is 0.0917. The van der Waals surface area contributed by atoms with E-state index in [4.69, 9.17) is 21.1 Å². The molecule has 4 rings (SSSR count). The Morgan fingerprint density at radius 3 is 2.56 bits per heavy atom. The molecule has 1 amide bonds. The zero-order chi connectivity index (χ0) is 17.3. The zero-order valence-electron chi connectivity index (χ0n) is 13.9. The number of carbonyl (C=O) groups is 1. The van der Waals surface area contributed by atoms with Crippen LogP contribution in [0.3, 0.4) is 0 Å². The van der Waals surface area contributed by atoms with Gasteiger partial charge in [-0.3, -0.25) is 4.79 Å². The summed E-state index contributed by atoms with van der Waals surface area (Å²) in [7, 11) is 0. The van der Waals surface area contributed by atoms with Gasteiger partial charge in [0.05, 0.1) is 5.56 Å². The normalized spacial score (nSPS) is 17.5. The summed E-state index contributed by atoms with van der Waals surface area (Å²) in [4.78, 5) is 12.7. The fourth-order valence-electron chi connectivity index (χ4n) is 3.57. The molecule has 2 aromatic rings. The monoisotopic (exact) mass is 357 g/mol. The number of rotatable bonds is 4. The molecule has 0 spiro atoms. The Morgan fingerprint density at radius 2 is 1.84 bits per heavy atom. The molecular formula is C20H20ClNO3. The molecule has 0 atom stereocenters. The third-order valence-electron chi connectivity index (χ3n) is 5.17. The number of benzene rings is 2. The van der Waals surface area contributed by atoms with Gasteiger partial charge in [0, 0.05) is 17.0 Å². The smallest absolute Gasteiger partial charge is 0.255 e. The van der Waals surface area contributed by atoms with Gasteiger partial charge in [-0.05, 0) is 42.7 Å². The van der Waals surface area contributed by atoms with Crippen molar-refractivity contribution < 1.29 is 14.3 Å². The first-order valence-electron chi connectivity index (χ1n) is 8.61. The Bertz CT molecular complexity index is 784. The van der Waals surface area contributed by atoms with Crippen molar-refractivity contribution in [3.8, 4) is 11.5 Å². The van der Waals surface area contributed by atoms with Crippen LogP contribution in [0.2, 0.25) is 5.02 Å². The molecule has 2 aromatic carbocycles. The number of hydrogen-bond donors (Lipinski definition) is 1. The molecule has 1 aliphatic carbocycles. The van der Waals surface area contributed by atoms with Crippen molar-refractivity contribution in [3.63, 3.8) is 0 Å². The van der Waals surface area contributed by atoms with Gasteiger partial charge in [-0.2, -0.15) is 0 Å². The number of hydrogen-bond acceptors (Lipinski definition) is 3. The van der Waals surface area contributed by atoms with E-state index in [1.165, 1.54) is 12.0 Å². The van der Waals surface area contributed by atoms with Gasteiger partial charge < -0.3 is 14.8 Å². The number of amides is 1. The molecule has 25 heavy (non-hydrogen) atoms. The fraction of sp³-hybridized carbons (Fsp3) is 0.350. The number of halogens is 1. The van der Waals surface area contributed by atoms with E-state index in [9.17, 15) is 4.79 Å². The maximum atomic E-state index is 12.7. The molecule has 0 aromatic heterocycles. The van der Waals surface area contributed by atoms with E-state index in [1.807, 2.05) is 24.3 Å². The Hall–Kier alpha value is -2.20. The van der Waals surface area contributed by atoms with E-state index in [0.717, 1.165) is 17.9 Å². The van der Waals surface area contributed by atoms with Crippen LogP contribution < -0.4 is 14.8 Å². The standard InChI is InChI=1S/C20H20ClNO3/c21-15-7-5-14(6-8-15)20(9-2-10-20)13-22-19(23)16-3-1-4-17-18(16)25-12-11-24-17/h1,3-8H,2,9-13H2,(H,22,23). The first-order valence-corrected chi connectivity index (χ1v) is 8.99. The van der Waals surface area contributed by atoms with Gasteiger partial charge in [-0.15, -0.1) is 0 Å². The van der Waals surface area contributed by atoms with Crippen molar-refractivity contribution in [3.05, 3.63) is 58.6 Å². The number of carbonyl (C=O) groups excluding carboxylic acids is 1. The zero-order valence-corrected chi connectivity index (χ0v) is 14.6. The molecule has 1 saturated carbocycles. The molecule has 1 N–H and O–H groups in total. The maximum Gasteiger partial charge on any atom is 0.255 e. The second-order valence-electron chi connectivity index (χ2n) is 6.65. The predicted octanol–water partition coefficient (Wildman–Crippen LogP) is 3.96. The van der Waals surface area contributed by atoms with Crippen LogP contribution in [0.1, 0.15) is 35.2 Å². The lowest BCUT2D eigenvalue weighted by Gasteiger charge is -2.42. The van der Waals surface area contributed by atoms with E-state index >= 15 is 0 Å². The van der Waals surface area contributed by atoms with Crippen LogP contribution in [0.25, 0.3) is 0 Å². The van der Waals surface area contributed by atoms with Crippen LogP contribution in [0, 0.1) is 0 Å². The van der Waals surface area contributed by atoms with Gasteiger partial charge in [0.25, 0.3) is 5.91 Å². The topological polar surface area (TPSA) is 47.6 Å². The summed E-state index contributed by atoms with van der Waals surface area (Å²) in [5.41, 5.74) is 1.77. The van der Waals surface area contributed by atoms with Crippen LogP contribution in [0.5, 0.6) is 11.5 Å². The van der Waals surface area contributed by atoms with Crippen molar-refractivity contribution in [1.29, 1.82) is 0 Å². The van der Waals surface area contributed by atoms with Crippen LogP contribution in [0.15, 0.2) is 42.5 Å². The first-order chi connectivity index (χ1) is 12.2. The van der Waals surface area contributed by atoms with E-state index in [1.54, 1.807) is 6.07 Å². The van der Waals surface area contributed by atoms with Crippen LogP contribution in [0.4, 0.5) is 0 Å². The first kappa shape index (κ1) is 16.3. The summed E-state index contributed by atoms with van der Waals surface area (Å²) in [5, 5.41) is 3.83. The molecule has 0 unspecified atom stereocenters. The van der Waals surface area contributed by atoms with E-state index in [-0.39, 0.29) is 11.3 Å². The average molecular weight is 358 g/mol. The van der Waals surface area contributed by atoms with Crippen molar-refractivity contribution in [2.24, 2.45) is 0 Å². The van der Waals surface area contributed by atoms with Crippen LogP contribution in [-0.4, -0.2) is 25.7 Å². The Kier molecular flexibility index (Phi) is 4.30. The minimum Gasteiger partial charge on any atom is -0.486 e. The van der Waals surface area contributed by atoms with Gasteiger partial charge in [-0.25, -0.2) is 0 Å². The van der Waals surface area contributed by atoms with E-state index in [0.29, 0.717) is 36.8 Å². The summed E-state index contributed by atoms with van der Waals surface area (Å²) in [6, 6.07) is 13.4. The highest BCUT2D eigenvalue weighted by atomic mass is 35.5. The molecule has 0 bridgehead atoms. The number of nitrogens with one attached hydrogen (secondary N) is 1. The maximum absolute atomic E-state index is 12.7.